The summed E-state index contributed by atoms with van der Waals surface area (Å²) >= 11 is 0. The van der Waals surface area contributed by atoms with Crippen LogP contribution in [-0.2, 0) is 4.79 Å². The van der Waals surface area contributed by atoms with Gasteiger partial charge < -0.3 is 9.80 Å². The zero-order valence-electron chi connectivity index (χ0n) is 11.8. The molecule has 0 aliphatic carbocycles. The maximum Gasteiger partial charge on any atom is 0.238 e. The van der Waals surface area contributed by atoms with E-state index < -0.39 is 0 Å². The molecule has 2 heterocycles. The number of hydrogen-bond acceptors (Lipinski definition) is 3. The first-order valence-corrected chi connectivity index (χ1v) is 7.53. The van der Waals surface area contributed by atoms with Crippen LogP contribution in [0.15, 0.2) is 0 Å². The molecule has 0 spiro atoms. The molecule has 0 aromatic carbocycles. The summed E-state index contributed by atoms with van der Waals surface area (Å²) in [6, 6.07) is 0.470. The predicted molar refractivity (Wildman–Crippen MR) is 73.3 cm³/mol. The Balaban J connectivity index is 1.89. The van der Waals surface area contributed by atoms with Crippen molar-refractivity contribution in [1.82, 2.24) is 15.1 Å². The average Bonchev–Trinajstić information content (AvgIpc) is 2.73. The Morgan fingerprint density at radius 3 is 2.56 bits per heavy atom. The first-order valence-electron chi connectivity index (χ1n) is 7.53. The normalized spacial score (nSPS) is 27.1. The Labute approximate surface area is 111 Å². The molecule has 4 heteroatoms. The minimum absolute atomic E-state index is 0.297. The van der Waals surface area contributed by atoms with E-state index in [1.807, 2.05) is 0 Å². The highest BCUT2D eigenvalue weighted by Gasteiger charge is 2.36. The number of hydrogen-bond donors (Lipinski definition) is 1. The lowest BCUT2D eigenvalue weighted by Gasteiger charge is -2.39. The highest BCUT2D eigenvalue weighted by molar-refractivity contribution is 5.81. The summed E-state index contributed by atoms with van der Waals surface area (Å²) in [4.78, 5) is 16.7. The quantitative estimate of drug-likeness (QED) is 0.805. The number of nitrogens with one attached hydrogen (secondary N) is 1. The fourth-order valence-electron chi connectivity index (χ4n) is 3.28. The van der Waals surface area contributed by atoms with E-state index in [1.165, 1.54) is 13.0 Å². The van der Waals surface area contributed by atoms with Crippen molar-refractivity contribution in [2.24, 2.45) is 0 Å². The van der Waals surface area contributed by atoms with Gasteiger partial charge >= 0.3 is 0 Å². The molecule has 0 aromatic rings. The molecule has 1 amide bonds. The second-order valence-corrected chi connectivity index (χ2v) is 5.56. The van der Waals surface area contributed by atoms with Crippen LogP contribution in [0, 0.1) is 0 Å². The van der Waals surface area contributed by atoms with Gasteiger partial charge in [-0.1, -0.05) is 20.3 Å². The van der Waals surface area contributed by atoms with Crippen LogP contribution in [0.25, 0.3) is 0 Å². The Morgan fingerprint density at radius 1 is 1.22 bits per heavy atom. The summed E-state index contributed by atoms with van der Waals surface area (Å²) in [6.45, 7) is 8.48. The van der Waals surface area contributed by atoms with E-state index in [9.17, 15) is 4.79 Å². The molecule has 1 unspecified atom stereocenters. The number of rotatable bonds is 5. The number of amides is 1. The molecule has 1 atom stereocenters. The van der Waals surface area contributed by atoms with Gasteiger partial charge in [-0.15, -0.1) is 0 Å². The monoisotopic (exact) mass is 253 g/mol. The Morgan fingerprint density at radius 2 is 1.94 bits per heavy atom. The van der Waals surface area contributed by atoms with Crippen LogP contribution in [0.4, 0.5) is 0 Å². The average molecular weight is 253 g/mol. The van der Waals surface area contributed by atoms with Gasteiger partial charge in [0.2, 0.25) is 5.91 Å². The SMILES string of the molecule is CCCC1NCC(=O)N1C1CCN(CCC)CC1. The van der Waals surface area contributed by atoms with Crippen molar-refractivity contribution in [1.29, 1.82) is 0 Å². The lowest BCUT2D eigenvalue weighted by molar-refractivity contribution is -0.131. The second-order valence-electron chi connectivity index (χ2n) is 5.56. The van der Waals surface area contributed by atoms with Crippen LogP contribution in [0.2, 0.25) is 0 Å². The maximum atomic E-state index is 12.0. The number of nitrogens with zero attached hydrogens (tertiary/aromatic N) is 2. The molecule has 104 valence electrons. The van der Waals surface area contributed by atoms with Crippen molar-refractivity contribution in [2.75, 3.05) is 26.2 Å². The van der Waals surface area contributed by atoms with E-state index in [-0.39, 0.29) is 0 Å². The lowest BCUT2D eigenvalue weighted by Crippen LogP contribution is -2.50. The van der Waals surface area contributed by atoms with Gasteiger partial charge in [0.25, 0.3) is 0 Å². The van der Waals surface area contributed by atoms with Crippen LogP contribution >= 0.6 is 0 Å². The molecule has 0 aromatic heterocycles. The lowest BCUT2D eigenvalue weighted by atomic mass is 10.0. The predicted octanol–water partition coefficient (Wildman–Crippen LogP) is 1.42. The molecule has 2 rings (SSSR count). The van der Waals surface area contributed by atoms with E-state index in [0.717, 1.165) is 38.8 Å². The Bertz CT molecular complexity index is 274. The summed E-state index contributed by atoms with van der Waals surface area (Å²) in [6.07, 6.45) is 6.04. The number of carbonyl (C=O) groups is 1. The highest BCUT2D eigenvalue weighted by atomic mass is 16.2. The third-order valence-corrected chi connectivity index (χ3v) is 4.17. The maximum absolute atomic E-state index is 12.0. The third kappa shape index (κ3) is 3.04. The van der Waals surface area contributed by atoms with Gasteiger partial charge in [-0.3, -0.25) is 10.1 Å². The van der Waals surface area contributed by atoms with Gasteiger partial charge in [0.05, 0.1) is 12.7 Å². The molecule has 18 heavy (non-hydrogen) atoms. The molecular formula is C14H27N3O. The number of piperidine rings is 1. The zero-order valence-corrected chi connectivity index (χ0v) is 11.8. The van der Waals surface area contributed by atoms with E-state index in [4.69, 9.17) is 0 Å². The molecule has 0 saturated carbocycles. The third-order valence-electron chi connectivity index (χ3n) is 4.17. The number of likely N-dealkylation sites (tertiary alicyclic amines) is 1. The summed E-state index contributed by atoms with van der Waals surface area (Å²) < 4.78 is 0. The molecule has 2 fully saturated rings. The minimum Gasteiger partial charge on any atom is -0.323 e. The smallest absolute Gasteiger partial charge is 0.238 e. The molecular weight excluding hydrogens is 226 g/mol. The van der Waals surface area contributed by atoms with Crippen LogP contribution in [-0.4, -0.2) is 54.1 Å². The van der Waals surface area contributed by atoms with Crippen molar-refractivity contribution >= 4 is 5.91 Å². The van der Waals surface area contributed by atoms with Crippen LogP contribution < -0.4 is 5.32 Å². The zero-order chi connectivity index (χ0) is 13.0. The van der Waals surface area contributed by atoms with E-state index in [0.29, 0.717) is 24.7 Å². The van der Waals surface area contributed by atoms with Crippen LogP contribution in [0.1, 0.15) is 46.0 Å². The summed E-state index contributed by atoms with van der Waals surface area (Å²) in [5, 5.41) is 3.35. The highest BCUT2D eigenvalue weighted by Crippen LogP contribution is 2.22. The molecule has 0 bridgehead atoms. The molecule has 0 radical (unpaired) electrons. The topological polar surface area (TPSA) is 35.6 Å². The first-order chi connectivity index (χ1) is 8.76. The van der Waals surface area contributed by atoms with Crippen molar-refractivity contribution in [3.63, 3.8) is 0 Å². The molecule has 2 aliphatic rings. The molecule has 1 N–H and O–H groups in total. The van der Waals surface area contributed by atoms with Crippen molar-refractivity contribution in [2.45, 2.75) is 58.2 Å². The molecule has 2 aliphatic heterocycles. The Kier molecular flexibility index (Phi) is 5.01. The van der Waals surface area contributed by atoms with Crippen molar-refractivity contribution in [3.05, 3.63) is 0 Å². The minimum atomic E-state index is 0.297. The van der Waals surface area contributed by atoms with Gasteiger partial charge in [-0.05, 0) is 32.2 Å². The van der Waals surface area contributed by atoms with Gasteiger partial charge in [0.1, 0.15) is 0 Å². The summed E-state index contributed by atoms with van der Waals surface area (Å²) in [5.41, 5.74) is 0. The van der Waals surface area contributed by atoms with E-state index in [1.54, 1.807) is 0 Å². The fourth-order valence-corrected chi connectivity index (χ4v) is 3.28. The van der Waals surface area contributed by atoms with Gasteiger partial charge in [-0.2, -0.15) is 0 Å². The van der Waals surface area contributed by atoms with Crippen molar-refractivity contribution < 1.29 is 4.79 Å². The van der Waals surface area contributed by atoms with E-state index >= 15 is 0 Å². The Hall–Kier alpha value is -0.610. The van der Waals surface area contributed by atoms with Gasteiger partial charge in [0.15, 0.2) is 0 Å². The standard InChI is InChI=1S/C14H27N3O/c1-3-5-13-15-11-14(18)17(13)12-6-9-16(8-4-2)10-7-12/h12-13,15H,3-11H2,1-2H3. The molecule has 4 nitrogen and oxygen atoms in total. The first kappa shape index (κ1) is 13.8. The summed E-state index contributed by atoms with van der Waals surface area (Å²) in [7, 11) is 0. The fraction of sp³-hybridized carbons (Fsp3) is 0.929. The molecule has 2 saturated heterocycles. The van der Waals surface area contributed by atoms with Gasteiger partial charge in [0, 0.05) is 19.1 Å². The van der Waals surface area contributed by atoms with Crippen LogP contribution in [0.5, 0.6) is 0 Å². The van der Waals surface area contributed by atoms with Gasteiger partial charge in [-0.25, -0.2) is 0 Å². The van der Waals surface area contributed by atoms with E-state index in [2.05, 4.69) is 29.0 Å². The number of carbonyl (C=O) groups excluding carboxylic acids is 1. The van der Waals surface area contributed by atoms with Crippen LogP contribution in [0.3, 0.4) is 0 Å². The largest absolute Gasteiger partial charge is 0.323 e. The summed E-state index contributed by atoms with van der Waals surface area (Å²) in [5.74, 6) is 0.308. The second kappa shape index (κ2) is 6.53. The van der Waals surface area contributed by atoms with Crippen molar-refractivity contribution in [3.8, 4) is 0 Å².